The number of halogens is 2. The molecule has 0 amide bonds. The van der Waals surface area contributed by atoms with Gasteiger partial charge in [-0.05, 0) is 54.5 Å². The summed E-state index contributed by atoms with van der Waals surface area (Å²) >= 11 is 3.40. The van der Waals surface area contributed by atoms with Gasteiger partial charge >= 0.3 is 5.97 Å². The first-order valence-corrected chi connectivity index (χ1v) is 7.86. The van der Waals surface area contributed by atoms with Crippen LogP contribution >= 0.6 is 15.9 Å². The van der Waals surface area contributed by atoms with Gasteiger partial charge in [0.15, 0.2) is 0 Å². The van der Waals surface area contributed by atoms with Gasteiger partial charge in [0.05, 0.1) is 7.11 Å². The van der Waals surface area contributed by atoms with E-state index >= 15 is 0 Å². The molecule has 1 atom stereocenters. The number of methoxy groups -OCH3 is 1. The summed E-state index contributed by atoms with van der Waals surface area (Å²) in [6, 6.07) is 12.5. The average Bonchev–Trinajstić information content (AvgIpc) is 2.52. The van der Waals surface area contributed by atoms with Crippen molar-refractivity contribution >= 4 is 33.7 Å². The molecule has 2 rings (SSSR count). The molecular weight excluding hydrogens is 361 g/mol. The van der Waals surface area contributed by atoms with Crippen molar-refractivity contribution in [1.82, 2.24) is 0 Å². The summed E-state index contributed by atoms with van der Waals surface area (Å²) in [4.78, 5) is 11.1. The van der Waals surface area contributed by atoms with Crippen LogP contribution in [-0.2, 0) is 9.53 Å². The summed E-state index contributed by atoms with van der Waals surface area (Å²) in [7, 11) is 1.30. The Morgan fingerprint density at radius 1 is 1.26 bits per heavy atom. The number of anilines is 1. The molecule has 1 N–H and O–H groups in total. The van der Waals surface area contributed by atoms with E-state index < -0.39 is 5.97 Å². The number of ether oxygens (including phenoxy) is 1. The van der Waals surface area contributed by atoms with Crippen LogP contribution in [0.1, 0.15) is 24.1 Å². The molecule has 0 aliphatic rings. The molecular formula is C18H17BrFNO2. The van der Waals surface area contributed by atoms with E-state index in [1.165, 1.54) is 31.4 Å². The fraction of sp³-hybridized carbons (Fsp3) is 0.167. The van der Waals surface area contributed by atoms with E-state index in [4.69, 9.17) is 0 Å². The quantitative estimate of drug-likeness (QED) is 0.591. The predicted molar refractivity (Wildman–Crippen MR) is 93.6 cm³/mol. The van der Waals surface area contributed by atoms with E-state index in [1.807, 2.05) is 31.2 Å². The zero-order chi connectivity index (χ0) is 16.8. The van der Waals surface area contributed by atoms with E-state index in [0.29, 0.717) is 11.3 Å². The van der Waals surface area contributed by atoms with Crippen molar-refractivity contribution in [1.29, 1.82) is 0 Å². The fourth-order valence-corrected chi connectivity index (χ4v) is 2.37. The second-order valence-corrected chi connectivity index (χ2v) is 5.96. The molecule has 0 saturated heterocycles. The smallest absolute Gasteiger partial charge is 0.330 e. The minimum Gasteiger partial charge on any atom is -0.466 e. The number of hydrogen-bond donors (Lipinski definition) is 1. The Hall–Kier alpha value is -2.14. The summed E-state index contributed by atoms with van der Waals surface area (Å²) in [5.41, 5.74) is 2.31. The van der Waals surface area contributed by atoms with Crippen LogP contribution in [-0.4, -0.2) is 13.1 Å². The predicted octanol–water partition coefficient (Wildman–Crippen LogP) is 4.95. The number of carbonyl (C=O) groups excluding carboxylic acids is 1. The third kappa shape index (κ3) is 5.21. The molecule has 3 nitrogen and oxygen atoms in total. The van der Waals surface area contributed by atoms with Gasteiger partial charge in [-0.2, -0.15) is 0 Å². The molecule has 0 aromatic heterocycles. The molecule has 5 heteroatoms. The Kier molecular flexibility index (Phi) is 5.93. The molecule has 0 aliphatic heterocycles. The maximum atomic E-state index is 13.7. The number of rotatable bonds is 5. The minimum atomic E-state index is -0.480. The van der Waals surface area contributed by atoms with Crippen molar-refractivity contribution in [2.75, 3.05) is 12.4 Å². The van der Waals surface area contributed by atoms with Gasteiger partial charge in [0, 0.05) is 22.3 Å². The second kappa shape index (κ2) is 7.92. The molecule has 23 heavy (non-hydrogen) atoms. The largest absolute Gasteiger partial charge is 0.466 e. The first kappa shape index (κ1) is 17.2. The van der Waals surface area contributed by atoms with Crippen LogP contribution < -0.4 is 5.32 Å². The first-order valence-electron chi connectivity index (χ1n) is 7.06. The zero-order valence-corrected chi connectivity index (χ0v) is 14.4. The third-order valence-corrected chi connectivity index (χ3v) is 3.82. The number of benzene rings is 2. The lowest BCUT2D eigenvalue weighted by atomic mass is 10.1. The Morgan fingerprint density at radius 3 is 2.61 bits per heavy atom. The fourth-order valence-electron chi connectivity index (χ4n) is 2.11. The van der Waals surface area contributed by atoms with Gasteiger partial charge in [0.2, 0.25) is 0 Å². The highest BCUT2D eigenvalue weighted by Crippen LogP contribution is 2.23. The highest BCUT2D eigenvalue weighted by Gasteiger charge is 2.07. The van der Waals surface area contributed by atoms with Gasteiger partial charge in [0.1, 0.15) is 5.82 Å². The molecule has 0 bridgehead atoms. The Labute approximate surface area is 143 Å². The van der Waals surface area contributed by atoms with Crippen LogP contribution in [0.15, 0.2) is 53.0 Å². The SMILES string of the molecule is COC(=O)C=Cc1cc(F)cc(NC(C)c2ccc(Br)cc2)c1. The van der Waals surface area contributed by atoms with Gasteiger partial charge in [-0.1, -0.05) is 28.1 Å². The van der Waals surface area contributed by atoms with Crippen LogP contribution in [0.3, 0.4) is 0 Å². The van der Waals surface area contributed by atoms with Crippen molar-refractivity contribution in [2.24, 2.45) is 0 Å². The molecule has 0 radical (unpaired) electrons. The maximum absolute atomic E-state index is 13.7. The molecule has 1 unspecified atom stereocenters. The van der Waals surface area contributed by atoms with Gasteiger partial charge in [-0.15, -0.1) is 0 Å². The number of nitrogens with one attached hydrogen (secondary N) is 1. The highest BCUT2D eigenvalue weighted by molar-refractivity contribution is 9.10. The van der Waals surface area contributed by atoms with E-state index in [0.717, 1.165) is 10.0 Å². The van der Waals surface area contributed by atoms with Crippen molar-refractivity contribution in [3.05, 3.63) is 70.0 Å². The standard InChI is InChI=1S/C18H17BrFNO2/c1-12(14-4-6-15(19)7-5-14)21-17-10-13(9-16(20)11-17)3-8-18(22)23-2/h3-12,21H,1-2H3. The van der Waals surface area contributed by atoms with Crippen LogP contribution in [0.25, 0.3) is 6.08 Å². The van der Waals surface area contributed by atoms with E-state index in [2.05, 4.69) is 26.0 Å². The Morgan fingerprint density at radius 2 is 1.96 bits per heavy atom. The number of hydrogen-bond acceptors (Lipinski definition) is 3. The molecule has 0 spiro atoms. The molecule has 0 heterocycles. The van der Waals surface area contributed by atoms with Gasteiger partial charge < -0.3 is 10.1 Å². The van der Waals surface area contributed by atoms with Crippen LogP contribution in [0.5, 0.6) is 0 Å². The summed E-state index contributed by atoms with van der Waals surface area (Å²) in [6.07, 6.45) is 2.78. The minimum absolute atomic E-state index is 0.0161. The number of carbonyl (C=O) groups is 1. The summed E-state index contributed by atoms with van der Waals surface area (Å²) in [5, 5.41) is 3.26. The molecule has 0 fully saturated rings. The van der Waals surface area contributed by atoms with Crippen LogP contribution in [0, 0.1) is 5.82 Å². The summed E-state index contributed by atoms with van der Waals surface area (Å²) in [5.74, 6) is -0.852. The van der Waals surface area contributed by atoms with Gasteiger partial charge in [-0.25, -0.2) is 9.18 Å². The lowest BCUT2D eigenvalue weighted by Crippen LogP contribution is -2.06. The van der Waals surface area contributed by atoms with Crippen LogP contribution in [0.2, 0.25) is 0 Å². The highest BCUT2D eigenvalue weighted by atomic mass is 79.9. The average molecular weight is 378 g/mol. The first-order chi connectivity index (χ1) is 11.0. The molecule has 2 aromatic carbocycles. The van der Waals surface area contributed by atoms with E-state index in [-0.39, 0.29) is 11.9 Å². The van der Waals surface area contributed by atoms with Crippen LogP contribution in [0.4, 0.5) is 10.1 Å². The zero-order valence-electron chi connectivity index (χ0n) is 12.8. The van der Waals surface area contributed by atoms with Crippen molar-refractivity contribution in [3.8, 4) is 0 Å². The maximum Gasteiger partial charge on any atom is 0.330 e. The Balaban J connectivity index is 2.16. The summed E-state index contributed by atoms with van der Waals surface area (Å²) < 4.78 is 19.3. The van der Waals surface area contributed by atoms with Crippen molar-refractivity contribution < 1.29 is 13.9 Å². The second-order valence-electron chi connectivity index (χ2n) is 5.05. The molecule has 0 saturated carbocycles. The molecule has 120 valence electrons. The molecule has 2 aromatic rings. The lowest BCUT2D eigenvalue weighted by molar-refractivity contribution is -0.134. The topological polar surface area (TPSA) is 38.3 Å². The van der Waals surface area contributed by atoms with Crippen molar-refractivity contribution in [3.63, 3.8) is 0 Å². The number of esters is 1. The van der Waals surface area contributed by atoms with Crippen molar-refractivity contribution in [2.45, 2.75) is 13.0 Å². The normalized spacial score (nSPS) is 12.2. The van der Waals surface area contributed by atoms with Gasteiger partial charge in [0.25, 0.3) is 0 Å². The van der Waals surface area contributed by atoms with E-state index in [1.54, 1.807) is 6.07 Å². The Bertz CT molecular complexity index is 713. The monoisotopic (exact) mass is 377 g/mol. The summed E-state index contributed by atoms with van der Waals surface area (Å²) in [6.45, 7) is 2.00. The van der Waals surface area contributed by atoms with E-state index in [9.17, 15) is 9.18 Å². The lowest BCUT2D eigenvalue weighted by Gasteiger charge is -2.16. The van der Waals surface area contributed by atoms with Gasteiger partial charge in [-0.3, -0.25) is 0 Å². The molecule has 0 aliphatic carbocycles. The third-order valence-electron chi connectivity index (χ3n) is 3.29.